The van der Waals surface area contributed by atoms with Gasteiger partial charge in [0.1, 0.15) is 0 Å². The lowest BCUT2D eigenvalue weighted by Crippen LogP contribution is -2.16. The van der Waals surface area contributed by atoms with Crippen molar-refractivity contribution in [2.45, 2.75) is 130 Å². The fraction of sp³-hybridized carbons (Fsp3) is 1.00. The van der Waals surface area contributed by atoms with Gasteiger partial charge in [0.15, 0.2) is 0 Å². The van der Waals surface area contributed by atoms with Crippen LogP contribution in [0.2, 0.25) is 0 Å². The van der Waals surface area contributed by atoms with E-state index in [1.165, 1.54) is 103 Å². The van der Waals surface area contributed by atoms with Crippen molar-refractivity contribution in [1.82, 2.24) is 0 Å². The summed E-state index contributed by atoms with van der Waals surface area (Å²) in [7, 11) is 0. The number of hydrogen-bond donors (Lipinski definition) is 0. The van der Waals surface area contributed by atoms with Crippen molar-refractivity contribution in [3.63, 3.8) is 0 Å². The molecule has 22 heavy (non-hydrogen) atoms. The summed E-state index contributed by atoms with van der Waals surface area (Å²) >= 11 is 0. The van der Waals surface area contributed by atoms with E-state index in [2.05, 4.69) is 27.7 Å². The molecule has 0 amide bonds. The van der Waals surface area contributed by atoms with E-state index in [-0.39, 0.29) is 0 Å². The van der Waals surface area contributed by atoms with E-state index in [9.17, 15) is 0 Å². The highest BCUT2D eigenvalue weighted by Gasteiger charge is 2.20. The van der Waals surface area contributed by atoms with E-state index >= 15 is 0 Å². The SMILES string of the molecule is CCCCCCC(CCCC)C(CCCCC)CCCCC. The molecule has 0 aliphatic rings. The normalized spacial score (nSPS) is 13.0. The first kappa shape index (κ1) is 22.0. The highest BCUT2D eigenvalue weighted by Crippen LogP contribution is 2.32. The van der Waals surface area contributed by atoms with E-state index in [1.54, 1.807) is 0 Å². The minimum absolute atomic E-state index is 1.03. The van der Waals surface area contributed by atoms with Crippen molar-refractivity contribution >= 4 is 0 Å². The van der Waals surface area contributed by atoms with Crippen LogP contribution >= 0.6 is 0 Å². The first-order chi connectivity index (χ1) is 10.8. The molecule has 0 aromatic heterocycles. The van der Waals surface area contributed by atoms with Crippen molar-refractivity contribution in [2.75, 3.05) is 0 Å². The molecule has 0 radical (unpaired) electrons. The molecule has 0 N–H and O–H groups in total. The maximum absolute atomic E-state index is 2.36. The van der Waals surface area contributed by atoms with Gasteiger partial charge in [-0.05, 0) is 11.8 Å². The summed E-state index contributed by atoms with van der Waals surface area (Å²) in [6, 6.07) is 0. The van der Waals surface area contributed by atoms with Crippen molar-refractivity contribution in [3.05, 3.63) is 0 Å². The molecule has 0 aromatic rings. The standard InChI is InChI=1S/C22H46/c1-5-9-13-16-20-21(17-12-8-4)22(18-14-10-6-2)19-15-11-7-3/h21-22H,5-20H2,1-4H3. The van der Waals surface area contributed by atoms with Gasteiger partial charge in [-0.3, -0.25) is 0 Å². The molecule has 0 heteroatoms. The Morgan fingerprint density at radius 3 is 1.09 bits per heavy atom. The second kappa shape index (κ2) is 17.4. The predicted octanol–water partition coefficient (Wildman–Crippen LogP) is 8.54. The van der Waals surface area contributed by atoms with Crippen LogP contribution in [0.1, 0.15) is 130 Å². The quantitative estimate of drug-likeness (QED) is 0.236. The molecule has 0 nitrogen and oxygen atoms in total. The maximum Gasteiger partial charge on any atom is -0.0386 e. The monoisotopic (exact) mass is 310 g/mol. The Morgan fingerprint density at radius 2 is 0.682 bits per heavy atom. The van der Waals surface area contributed by atoms with Gasteiger partial charge in [0.25, 0.3) is 0 Å². The predicted molar refractivity (Wildman–Crippen MR) is 104 cm³/mol. The van der Waals surface area contributed by atoms with E-state index < -0.39 is 0 Å². The largest absolute Gasteiger partial charge is 0.0654 e. The van der Waals surface area contributed by atoms with Crippen LogP contribution in [0.25, 0.3) is 0 Å². The molecular formula is C22H46. The molecule has 0 fully saturated rings. The van der Waals surface area contributed by atoms with Crippen LogP contribution in [-0.4, -0.2) is 0 Å². The Morgan fingerprint density at radius 1 is 0.364 bits per heavy atom. The van der Waals surface area contributed by atoms with Gasteiger partial charge < -0.3 is 0 Å². The van der Waals surface area contributed by atoms with E-state index in [0.29, 0.717) is 0 Å². The lowest BCUT2D eigenvalue weighted by Gasteiger charge is -2.28. The van der Waals surface area contributed by atoms with Gasteiger partial charge in [-0.1, -0.05) is 130 Å². The smallest absolute Gasteiger partial charge is 0.0386 e. The van der Waals surface area contributed by atoms with Gasteiger partial charge in [0.05, 0.1) is 0 Å². The summed E-state index contributed by atoms with van der Waals surface area (Å²) in [4.78, 5) is 0. The molecule has 134 valence electrons. The molecular weight excluding hydrogens is 264 g/mol. The first-order valence-electron chi connectivity index (χ1n) is 10.8. The summed E-state index contributed by atoms with van der Waals surface area (Å²) in [5, 5.41) is 0. The Balaban J connectivity index is 4.37. The van der Waals surface area contributed by atoms with Crippen LogP contribution in [0.5, 0.6) is 0 Å². The van der Waals surface area contributed by atoms with Crippen LogP contribution < -0.4 is 0 Å². The topological polar surface area (TPSA) is 0 Å². The molecule has 1 atom stereocenters. The van der Waals surface area contributed by atoms with Crippen LogP contribution in [0.3, 0.4) is 0 Å². The van der Waals surface area contributed by atoms with Crippen molar-refractivity contribution in [1.29, 1.82) is 0 Å². The Bertz CT molecular complexity index is 186. The summed E-state index contributed by atoms with van der Waals surface area (Å²) in [6.45, 7) is 9.36. The minimum Gasteiger partial charge on any atom is -0.0654 e. The summed E-state index contributed by atoms with van der Waals surface area (Å²) in [6.07, 6.45) is 23.2. The van der Waals surface area contributed by atoms with Gasteiger partial charge in [-0.2, -0.15) is 0 Å². The summed E-state index contributed by atoms with van der Waals surface area (Å²) in [5.41, 5.74) is 0. The fourth-order valence-electron chi connectivity index (χ4n) is 3.84. The zero-order valence-electron chi connectivity index (χ0n) is 16.5. The summed E-state index contributed by atoms with van der Waals surface area (Å²) in [5.74, 6) is 2.07. The van der Waals surface area contributed by atoms with Gasteiger partial charge in [-0.25, -0.2) is 0 Å². The van der Waals surface area contributed by atoms with Crippen LogP contribution in [0, 0.1) is 11.8 Å². The fourth-order valence-corrected chi connectivity index (χ4v) is 3.84. The molecule has 0 saturated carbocycles. The number of rotatable bonds is 17. The number of hydrogen-bond acceptors (Lipinski definition) is 0. The van der Waals surface area contributed by atoms with Crippen LogP contribution in [0.4, 0.5) is 0 Å². The van der Waals surface area contributed by atoms with Gasteiger partial charge >= 0.3 is 0 Å². The Labute approximate surface area is 142 Å². The molecule has 1 unspecified atom stereocenters. The molecule has 0 rings (SSSR count). The maximum atomic E-state index is 2.36. The van der Waals surface area contributed by atoms with Crippen molar-refractivity contribution < 1.29 is 0 Å². The molecule has 0 bridgehead atoms. The van der Waals surface area contributed by atoms with Crippen LogP contribution in [0.15, 0.2) is 0 Å². The van der Waals surface area contributed by atoms with Gasteiger partial charge in [0, 0.05) is 0 Å². The molecule has 0 heterocycles. The molecule has 0 spiro atoms. The highest BCUT2D eigenvalue weighted by atomic mass is 14.3. The van der Waals surface area contributed by atoms with E-state index in [1.807, 2.05) is 0 Å². The third-order valence-electron chi connectivity index (χ3n) is 5.38. The van der Waals surface area contributed by atoms with Crippen molar-refractivity contribution in [2.24, 2.45) is 11.8 Å². The summed E-state index contributed by atoms with van der Waals surface area (Å²) < 4.78 is 0. The second-order valence-electron chi connectivity index (χ2n) is 7.50. The van der Waals surface area contributed by atoms with E-state index in [0.717, 1.165) is 11.8 Å². The number of unbranched alkanes of at least 4 members (excludes halogenated alkanes) is 8. The van der Waals surface area contributed by atoms with Crippen LogP contribution in [-0.2, 0) is 0 Å². The Hall–Kier alpha value is 0. The lowest BCUT2D eigenvalue weighted by molar-refractivity contribution is 0.239. The third-order valence-corrected chi connectivity index (χ3v) is 5.38. The molecule has 0 aliphatic carbocycles. The Kier molecular flexibility index (Phi) is 17.4. The highest BCUT2D eigenvalue weighted by molar-refractivity contribution is 4.71. The van der Waals surface area contributed by atoms with Gasteiger partial charge in [0.2, 0.25) is 0 Å². The second-order valence-corrected chi connectivity index (χ2v) is 7.50. The van der Waals surface area contributed by atoms with E-state index in [4.69, 9.17) is 0 Å². The van der Waals surface area contributed by atoms with Crippen molar-refractivity contribution in [3.8, 4) is 0 Å². The first-order valence-corrected chi connectivity index (χ1v) is 10.8. The zero-order chi connectivity index (χ0) is 16.5. The molecule has 0 aliphatic heterocycles. The molecule has 0 aromatic carbocycles. The minimum atomic E-state index is 1.03. The average molecular weight is 311 g/mol. The third kappa shape index (κ3) is 12.5. The van der Waals surface area contributed by atoms with Gasteiger partial charge in [-0.15, -0.1) is 0 Å². The zero-order valence-corrected chi connectivity index (χ0v) is 16.5. The lowest BCUT2D eigenvalue weighted by atomic mass is 9.78. The molecule has 0 saturated heterocycles. The average Bonchev–Trinajstić information content (AvgIpc) is 2.53.